The Morgan fingerprint density at radius 2 is 2.19 bits per heavy atom. The van der Waals surface area contributed by atoms with E-state index in [1.165, 1.54) is 0 Å². The molecule has 1 spiro atoms. The van der Waals surface area contributed by atoms with Gasteiger partial charge in [0.1, 0.15) is 12.4 Å². The molecule has 1 aliphatic carbocycles. The molecule has 0 unspecified atom stereocenters. The highest BCUT2D eigenvalue weighted by Gasteiger charge is 2.42. The molecule has 1 saturated carbocycles. The van der Waals surface area contributed by atoms with Crippen LogP contribution < -0.4 is 4.90 Å². The summed E-state index contributed by atoms with van der Waals surface area (Å²) in [5.74, 6) is 1.82. The fraction of sp³-hybridized carbons (Fsp3) is 0.722. The van der Waals surface area contributed by atoms with Crippen LogP contribution in [0.25, 0.3) is 0 Å². The first-order valence-electron chi connectivity index (χ1n) is 9.59. The number of carbonyl (C=O) groups is 1. The van der Waals surface area contributed by atoms with Crippen molar-refractivity contribution in [3.05, 3.63) is 18.1 Å². The molecule has 1 amide bonds. The summed E-state index contributed by atoms with van der Waals surface area (Å²) in [6, 6.07) is 1.83. The smallest absolute Gasteiger partial charge is 0.256 e. The number of aliphatic hydroxyl groups excluding tert-OH is 1. The van der Waals surface area contributed by atoms with E-state index in [0.29, 0.717) is 49.9 Å². The van der Waals surface area contributed by atoms with Crippen LogP contribution in [0.3, 0.4) is 0 Å². The van der Waals surface area contributed by atoms with E-state index in [0.717, 1.165) is 25.1 Å². The van der Waals surface area contributed by atoms with Gasteiger partial charge in [-0.1, -0.05) is 6.42 Å². The third-order valence-electron chi connectivity index (χ3n) is 5.87. The van der Waals surface area contributed by atoms with Gasteiger partial charge in [-0.05, 0) is 31.7 Å². The minimum atomic E-state index is -2.46. The van der Waals surface area contributed by atoms with Crippen LogP contribution in [-0.4, -0.2) is 62.0 Å². The predicted octanol–water partition coefficient (Wildman–Crippen LogP) is 1.13. The zero-order chi connectivity index (χ0) is 18.9. The lowest BCUT2D eigenvalue weighted by atomic mass is 9.85. The standard InChI is InChI=1S/C18H26N4O4S/c23-12-15-19-7-4-16(20-15)22-8-9-26-18(13-22)5-10-27(25,11-6-18)21-17(24)14-2-1-3-14/h4,7,14,23H,1-3,5-6,8-13H2. The SMILES string of the molecule is O=C(N=S1(=O)CCC2(CC1)CN(c1ccnc(CO)n1)CCO2)C1CCC1. The zero-order valence-electron chi connectivity index (χ0n) is 15.4. The summed E-state index contributed by atoms with van der Waals surface area (Å²) in [7, 11) is -2.46. The van der Waals surface area contributed by atoms with Crippen LogP contribution in [0.2, 0.25) is 0 Å². The average Bonchev–Trinajstić information content (AvgIpc) is 2.63. The highest BCUT2D eigenvalue weighted by molar-refractivity contribution is 7.93. The van der Waals surface area contributed by atoms with Gasteiger partial charge in [-0.25, -0.2) is 14.2 Å². The van der Waals surface area contributed by atoms with Gasteiger partial charge in [0.15, 0.2) is 5.82 Å². The van der Waals surface area contributed by atoms with E-state index < -0.39 is 9.73 Å². The summed E-state index contributed by atoms with van der Waals surface area (Å²) in [4.78, 5) is 22.7. The third-order valence-corrected chi connectivity index (χ3v) is 8.07. The first-order valence-corrected chi connectivity index (χ1v) is 11.4. The molecular formula is C18H26N4O4S. The molecular weight excluding hydrogens is 368 g/mol. The molecule has 0 atom stereocenters. The molecule has 8 nitrogen and oxygen atoms in total. The molecule has 148 valence electrons. The maximum Gasteiger partial charge on any atom is 0.256 e. The maximum absolute atomic E-state index is 13.0. The average molecular weight is 394 g/mol. The van der Waals surface area contributed by atoms with Gasteiger partial charge in [0.05, 0.1) is 21.9 Å². The molecule has 3 aliphatic rings. The van der Waals surface area contributed by atoms with Crippen molar-refractivity contribution < 1.29 is 18.8 Å². The molecule has 3 heterocycles. The lowest BCUT2D eigenvalue weighted by Gasteiger charge is -2.45. The summed E-state index contributed by atoms with van der Waals surface area (Å²) in [6.45, 7) is 1.74. The van der Waals surface area contributed by atoms with Crippen molar-refractivity contribution in [3.8, 4) is 0 Å². The van der Waals surface area contributed by atoms with Crippen molar-refractivity contribution in [2.24, 2.45) is 10.3 Å². The van der Waals surface area contributed by atoms with Crippen LogP contribution >= 0.6 is 0 Å². The second-order valence-electron chi connectivity index (χ2n) is 7.68. The highest BCUT2D eigenvalue weighted by Crippen LogP contribution is 2.34. The minimum absolute atomic E-state index is 0.000816. The number of anilines is 1. The lowest BCUT2D eigenvalue weighted by Crippen LogP contribution is -2.55. The Kier molecular flexibility index (Phi) is 5.17. The molecule has 27 heavy (non-hydrogen) atoms. The first kappa shape index (κ1) is 18.8. The van der Waals surface area contributed by atoms with Crippen LogP contribution in [0.4, 0.5) is 5.82 Å². The summed E-state index contributed by atoms with van der Waals surface area (Å²) in [5, 5.41) is 9.26. The molecule has 4 rings (SSSR count). The van der Waals surface area contributed by atoms with Crippen LogP contribution in [0.15, 0.2) is 16.6 Å². The number of hydrogen-bond donors (Lipinski definition) is 1. The van der Waals surface area contributed by atoms with Gasteiger partial charge < -0.3 is 14.7 Å². The van der Waals surface area contributed by atoms with Crippen molar-refractivity contribution in [3.63, 3.8) is 0 Å². The van der Waals surface area contributed by atoms with Crippen molar-refractivity contribution in [1.82, 2.24) is 9.97 Å². The van der Waals surface area contributed by atoms with Crippen LogP contribution in [0.1, 0.15) is 37.9 Å². The molecule has 1 aromatic rings. The van der Waals surface area contributed by atoms with E-state index in [-0.39, 0.29) is 24.0 Å². The Morgan fingerprint density at radius 3 is 2.85 bits per heavy atom. The number of nitrogens with zero attached hydrogens (tertiary/aromatic N) is 4. The van der Waals surface area contributed by atoms with Gasteiger partial charge >= 0.3 is 0 Å². The van der Waals surface area contributed by atoms with E-state index in [2.05, 4.69) is 19.2 Å². The van der Waals surface area contributed by atoms with E-state index in [1.54, 1.807) is 6.20 Å². The quantitative estimate of drug-likeness (QED) is 0.819. The van der Waals surface area contributed by atoms with E-state index in [9.17, 15) is 14.1 Å². The number of morpholine rings is 1. The number of carbonyl (C=O) groups excluding carboxylic acids is 1. The molecule has 0 radical (unpaired) electrons. The van der Waals surface area contributed by atoms with Gasteiger partial charge in [0.25, 0.3) is 5.91 Å². The molecule has 2 aliphatic heterocycles. The summed E-state index contributed by atoms with van der Waals surface area (Å²) in [5.41, 5.74) is -0.376. The second kappa shape index (κ2) is 7.44. The number of amides is 1. The summed E-state index contributed by atoms with van der Waals surface area (Å²) in [6.07, 6.45) is 5.74. The zero-order valence-corrected chi connectivity index (χ0v) is 16.2. The Balaban J connectivity index is 1.44. The van der Waals surface area contributed by atoms with Crippen molar-refractivity contribution in [2.45, 2.75) is 44.3 Å². The van der Waals surface area contributed by atoms with Gasteiger partial charge in [-0.15, -0.1) is 0 Å². The Bertz CT molecular complexity index is 818. The number of ether oxygens (including phenoxy) is 1. The highest BCUT2D eigenvalue weighted by atomic mass is 32.2. The first-order chi connectivity index (χ1) is 13.0. The monoisotopic (exact) mass is 394 g/mol. The number of rotatable bonds is 3. The molecule has 2 saturated heterocycles. The Morgan fingerprint density at radius 1 is 1.41 bits per heavy atom. The van der Waals surface area contributed by atoms with Crippen LogP contribution in [0, 0.1) is 5.92 Å². The summed E-state index contributed by atoms with van der Waals surface area (Å²) < 4.78 is 23.3. The van der Waals surface area contributed by atoms with Gasteiger partial charge in [-0.2, -0.15) is 4.36 Å². The second-order valence-corrected chi connectivity index (χ2v) is 10.2. The fourth-order valence-electron chi connectivity index (χ4n) is 3.89. The van der Waals surface area contributed by atoms with E-state index in [1.807, 2.05) is 6.07 Å². The molecule has 0 aromatic carbocycles. The predicted molar refractivity (Wildman–Crippen MR) is 101 cm³/mol. The Labute approximate surface area is 159 Å². The number of hydrogen-bond acceptors (Lipinski definition) is 7. The normalized spacial score (nSPS) is 31.5. The largest absolute Gasteiger partial charge is 0.388 e. The van der Waals surface area contributed by atoms with E-state index >= 15 is 0 Å². The topological polar surface area (TPSA) is 105 Å². The van der Waals surface area contributed by atoms with E-state index in [4.69, 9.17) is 4.74 Å². The Hall–Kier alpha value is -1.58. The van der Waals surface area contributed by atoms with Crippen molar-refractivity contribution in [2.75, 3.05) is 36.1 Å². The van der Waals surface area contributed by atoms with Gasteiger partial charge in [-0.3, -0.25) is 4.79 Å². The molecule has 3 fully saturated rings. The van der Waals surface area contributed by atoms with Gasteiger partial charge in [0, 0.05) is 36.7 Å². The summed E-state index contributed by atoms with van der Waals surface area (Å²) >= 11 is 0. The molecule has 1 aromatic heterocycles. The molecule has 1 N–H and O–H groups in total. The maximum atomic E-state index is 13.0. The van der Waals surface area contributed by atoms with Crippen molar-refractivity contribution >= 4 is 21.5 Å². The number of aliphatic hydroxyl groups is 1. The van der Waals surface area contributed by atoms with Gasteiger partial charge in [0.2, 0.25) is 0 Å². The van der Waals surface area contributed by atoms with Crippen molar-refractivity contribution in [1.29, 1.82) is 0 Å². The number of aromatic nitrogens is 2. The fourth-order valence-corrected chi connectivity index (χ4v) is 6.13. The third kappa shape index (κ3) is 4.00. The molecule has 9 heteroatoms. The minimum Gasteiger partial charge on any atom is -0.388 e. The lowest BCUT2D eigenvalue weighted by molar-refractivity contribution is -0.123. The van der Waals surface area contributed by atoms with Crippen LogP contribution in [-0.2, 0) is 25.9 Å². The van der Waals surface area contributed by atoms with Crippen LogP contribution in [0.5, 0.6) is 0 Å². The molecule has 0 bridgehead atoms.